The van der Waals surface area contributed by atoms with Gasteiger partial charge < -0.3 is 0 Å². The van der Waals surface area contributed by atoms with Gasteiger partial charge in [0.1, 0.15) is 5.82 Å². The quantitative estimate of drug-likeness (QED) is 0.750. The zero-order valence-electron chi connectivity index (χ0n) is 14.6. The van der Waals surface area contributed by atoms with Crippen molar-refractivity contribution in [3.63, 3.8) is 0 Å². The van der Waals surface area contributed by atoms with Gasteiger partial charge in [-0.2, -0.15) is 0 Å². The van der Waals surface area contributed by atoms with E-state index in [4.69, 9.17) is 0 Å². The molecule has 2 unspecified atom stereocenters. The molecular formula is C22H24FNO. The molecule has 2 aromatic carbocycles. The van der Waals surface area contributed by atoms with Gasteiger partial charge in [-0.25, -0.2) is 4.39 Å². The molecule has 0 saturated carbocycles. The summed E-state index contributed by atoms with van der Waals surface area (Å²) < 4.78 is 14.2. The van der Waals surface area contributed by atoms with Crippen LogP contribution in [0.15, 0.2) is 48.5 Å². The summed E-state index contributed by atoms with van der Waals surface area (Å²) in [6.45, 7) is 2.80. The molecule has 2 nitrogen and oxygen atoms in total. The molecule has 0 N–H and O–H groups in total. The largest absolute Gasteiger partial charge is 0.294 e. The fraction of sp³-hybridized carbons (Fsp3) is 0.409. The van der Waals surface area contributed by atoms with Crippen LogP contribution in [0.25, 0.3) is 0 Å². The van der Waals surface area contributed by atoms with E-state index in [1.165, 1.54) is 11.6 Å². The number of ketones is 1. The highest BCUT2D eigenvalue weighted by Gasteiger charge is 2.43. The second kappa shape index (κ2) is 6.72. The molecule has 2 atom stereocenters. The van der Waals surface area contributed by atoms with Gasteiger partial charge in [-0.15, -0.1) is 0 Å². The van der Waals surface area contributed by atoms with Crippen molar-refractivity contribution in [3.8, 4) is 0 Å². The Balaban J connectivity index is 1.48. The molecule has 2 aliphatic heterocycles. The summed E-state index contributed by atoms with van der Waals surface area (Å²) in [6.07, 6.45) is 4.01. The third-order valence-electron chi connectivity index (χ3n) is 5.85. The predicted molar refractivity (Wildman–Crippen MR) is 97.0 cm³/mol. The van der Waals surface area contributed by atoms with Crippen LogP contribution in [0.4, 0.5) is 4.39 Å². The molecule has 2 heterocycles. The standard InChI is InChI=1S/C22H24FNO/c1-15-7-10-20(21(23)11-15)22(25)17-12-18-8-9-19(13-17)24(18)14-16-5-3-2-4-6-16/h2-7,10-11,17-19H,8-9,12-14H2,1H3. The second-order valence-corrected chi connectivity index (χ2v) is 7.56. The van der Waals surface area contributed by atoms with Crippen LogP contribution < -0.4 is 0 Å². The minimum atomic E-state index is -0.371. The van der Waals surface area contributed by atoms with Gasteiger partial charge in [0.25, 0.3) is 0 Å². The highest BCUT2D eigenvalue weighted by Crippen LogP contribution is 2.40. The maximum atomic E-state index is 14.2. The Morgan fingerprint density at radius 2 is 1.76 bits per heavy atom. The smallest absolute Gasteiger partial charge is 0.169 e. The Morgan fingerprint density at radius 1 is 1.08 bits per heavy atom. The monoisotopic (exact) mass is 337 g/mol. The fourth-order valence-corrected chi connectivity index (χ4v) is 4.58. The van der Waals surface area contributed by atoms with E-state index in [1.807, 2.05) is 19.1 Å². The van der Waals surface area contributed by atoms with E-state index in [0.29, 0.717) is 12.1 Å². The van der Waals surface area contributed by atoms with Gasteiger partial charge in [-0.1, -0.05) is 36.4 Å². The first-order chi connectivity index (χ1) is 12.1. The zero-order valence-corrected chi connectivity index (χ0v) is 14.6. The summed E-state index contributed by atoms with van der Waals surface area (Å²) in [6, 6.07) is 16.4. The van der Waals surface area contributed by atoms with Crippen LogP contribution in [0, 0.1) is 18.7 Å². The number of nitrogens with zero attached hydrogens (tertiary/aromatic N) is 1. The summed E-state index contributed by atoms with van der Waals surface area (Å²) in [5, 5.41) is 0. The zero-order chi connectivity index (χ0) is 17.4. The lowest BCUT2D eigenvalue weighted by molar-refractivity contribution is 0.0675. The third-order valence-corrected chi connectivity index (χ3v) is 5.85. The molecule has 0 aromatic heterocycles. The van der Waals surface area contributed by atoms with Crippen molar-refractivity contribution in [1.82, 2.24) is 4.90 Å². The van der Waals surface area contributed by atoms with Gasteiger partial charge in [0, 0.05) is 24.5 Å². The normalized spacial score (nSPS) is 25.9. The lowest BCUT2D eigenvalue weighted by atomic mass is 9.84. The van der Waals surface area contributed by atoms with Gasteiger partial charge >= 0.3 is 0 Å². The Bertz CT molecular complexity index is 759. The number of halogens is 1. The number of hydrogen-bond acceptors (Lipinski definition) is 2. The number of rotatable bonds is 4. The van der Waals surface area contributed by atoms with Crippen LogP contribution in [0.5, 0.6) is 0 Å². The summed E-state index contributed by atoms with van der Waals surface area (Å²) in [7, 11) is 0. The summed E-state index contributed by atoms with van der Waals surface area (Å²) in [5.41, 5.74) is 2.45. The van der Waals surface area contributed by atoms with Gasteiger partial charge in [0.15, 0.2) is 5.78 Å². The molecule has 2 aliphatic rings. The number of aryl methyl sites for hydroxylation is 1. The van der Waals surface area contributed by atoms with E-state index in [1.54, 1.807) is 6.07 Å². The average Bonchev–Trinajstić information content (AvgIpc) is 2.83. The van der Waals surface area contributed by atoms with Crippen LogP contribution in [0.1, 0.15) is 47.2 Å². The number of carbonyl (C=O) groups is 1. The van der Waals surface area contributed by atoms with Gasteiger partial charge in [-0.05, 0) is 55.9 Å². The number of hydrogen-bond donors (Lipinski definition) is 0. The Morgan fingerprint density at radius 3 is 2.40 bits per heavy atom. The fourth-order valence-electron chi connectivity index (χ4n) is 4.58. The third kappa shape index (κ3) is 3.25. The van der Waals surface area contributed by atoms with Crippen LogP contribution in [-0.2, 0) is 6.54 Å². The lowest BCUT2D eigenvalue weighted by Crippen LogP contribution is -2.44. The first-order valence-corrected chi connectivity index (χ1v) is 9.22. The minimum Gasteiger partial charge on any atom is -0.294 e. The van der Waals surface area contributed by atoms with Crippen molar-refractivity contribution in [2.45, 2.75) is 51.2 Å². The van der Waals surface area contributed by atoms with E-state index in [-0.39, 0.29) is 23.1 Å². The molecule has 2 bridgehead atoms. The predicted octanol–water partition coefficient (Wildman–Crippen LogP) is 4.76. The SMILES string of the molecule is Cc1ccc(C(=O)C2CC3CCC(C2)N3Cc2ccccc2)c(F)c1. The number of Topliss-reactive ketones (excluding diaryl/α,β-unsaturated/α-hetero) is 1. The van der Waals surface area contributed by atoms with Gasteiger partial charge in [0.2, 0.25) is 0 Å². The Hall–Kier alpha value is -2.00. The highest BCUT2D eigenvalue weighted by atomic mass is 19.1. The number of piperidine rings is 1. The molecule has 25 heavy (non-hydrogen) atoms. The maximum absolute atomic E-state index is 14.2. The molecule has 0 aliphatic carbocycles. The van der Waals surface area contributed by atoms with Crippen LogP contribution >= 0.6 is 0 Å². The van der Waals surface area contributed by atoms with Crippen LogP contribution in [0.2, 0.25) is 0 Å². The van der Waals surface area contributed by atoms with E-state index in [9.17, 15) is 9.18 Å². The van der Waals surface area contributed by atoms with Crippen molar-refractivity contribution in [2.75, 3.05) is 0 Å². The van der Waals surface area contributed by atoms with Gasteiger partial charge in [0.05, 0.1) is 5.56 Å². The van der Waals surface area contributed by atoms with Crippen molar-refractivity contribution >= 4 is 5.78 Å². The van der Waals surface area contributed by atoms with Crippen molar-refractivity contribution in [3.05, 3.63) is 71.0 Å². The van der Waals surface area contributed by atoms with E-state index in [0.717, 1.165) is 37.8 Å². The first-order valence-electron chi connectivity index (χ1n) is 9.22. The molecule has 3 heteroatoms. The Kier molecular flexibility index (Phi) is 4.43. The molecular weight excluding hydrogens is 313 g/mol. The van der Waals surface area contributed by atoms with Crippen molar-refractivity contribution in [1.29, 1.82) is 0 Å². The summed E-state index contributed by atoms with van der Waals surface area (Å²) in [4.78, 5) is 15.4. The summed E-state index contributed by atoms with van der Waals surface area (Å²) in [5.74, 6) is -0.417. The van der Waals surface area contributed by atoms with Crippen LogP contribution in [0.3, 0.4) is 0 Å². The molecule has 0 spiro atoms. The minimum absolute atomic E-state index is 0.00578. The summed E-state index contributed by atoms with van der Waals surface area (Å²) >= 11 is 0. The lowest BCUT2D eigenvalue weighted by Gasteiger charge is -2.38. The highest BCUT2D eigenvalue weighted by molar-refractivity contribution is 5.98. The molecule has 0 radical (unpaired) electrons. The topological polar surface area (TPSA) is 20.3 Å². The average molecular weight is 337 g/mol. The van der Waals surface area contributed by atoms with Crippen LogP contribution in [-0.4, -0.2) is 22.8 Å². The first kappa shape index (κ1) is 16.5. The number of carbonyl (C=O) groups excluding carboxylic acids is 1. The van der Waals surface area contributed by atoms with Crippen molar-refractivity contribution < 1.29 is 9.18 Å². The maximum Gasteiger partial charge on any atom is 0.169 e. The Labute approximate surface area is 148 Å². The number of benzene rings is 2. The molecule has 2 fully saturated rings. The van der Waals surface area contributed by atoms with Gasteiger partial charge in [-0.3, -0.25) is 9.69 Å². The second-order valence-electron chi connectivity index (χ2n) is 7.56. The molecule has 130 valence electrons. The van der Waals surface area contributed by atoms with Crippen molar-refractivity contribution in [2.24, 2.45) is 5.92 Å². The molecule has 2 aromatic rings. The molecule has 2 saturated heterocycles. The number of fused-ring (bicyclic) bond motifs is 2. The molecule has 4 rings (SSSR count). The van der Waals surface area contributed by atoms with E-state index in [2.05, 4.69) is 29.2 Å². The van der Waals surface area contributed by atoms with E-state index >= 15 is 0 Å². The molecule has 0 amide bonds. The van der Waals surface area contributed by atoms with E-state index < -0.39 is 0 Å².